The van der Waals surface area contributed by atoms with Crippen LogP contribution < -0.4 is 5.32 Å². The Hall–Kier alpha value is -0.480. The molecule has 1 heterocycles. The highest BCUT2D eigenvalue weighted by atomic mass is 32.2. The lowest BCUT2D eigenvalue weighted by molar-refractivity contribution is 0.574. The van der Waals surface area contributed by atoms with Crippen molar-refractivity contribution in [1.29, 1.82) is 0 Å². The standard InChI is InChI=1S/C11H19N3S/c1-15-11(3-4-11)9-12-5-2-7-14-8-6-13-10-14/h6,8,10,12H,2-5,7,9H2,1H3. The summed E-state index contributed by atoms with van der Waals surface area (Å²) in [5, 5.41) is 3.55. The maximum atomic E-state index is 4.02. The predicted octanol–water partition coefficient (Wildman–Crippen LogP) is 1.76. The number of nitrogens with one attached hydrogen (secondary N) is 1. The van der Waals surface area contributed by atoms with Gasteiger partial charge in [0.25, 0.3) is 0 Å². The van der Waals surface area contributed by atoms with E-state index >= 15 is 0 Å². The second-order valence-electron chi connectivity index (χ2n) is 4.22. The molecule has 0 saturated heterocycles. The van der Waals surface area contributed by atoms with Crippen molar-refractivity contribution in [1.82, 2.24) is 14.9 Å². The molecule has 1 N–H and O–H groups in total. The normalized spacial score (nSPS) is 17.9. The maximum absolute atomic E-state index is 4.02. The summed E-state index contributed by atoms with van der Waals surface area (Å²) in [7, 11) is 0. The van der Waals surface area contributed by atoms with Crippen LogP contribution in [0, 0.1) is 0 Å². The Morgan fingerprint density at radius 1 is 1.53 bits per heavy atom. The SMILES string of the molecule is CSC1(CNCCCn2ccnc2)CC1. The van der Waals surface area contributed by atoms with Gasteiger partial charge in [-0.05, 0) is 32.1 Å². The molecule has 1 aromatic rings. The van der Waals surface area contributed by atoms with Crippen molar-refractivity contribution < 1.29 is 0 Å². The molecule has 1 saturated carbocycles. The number of thioether (sulfide) groups is 1. The van der Waals surface area contributed by atoms with Gasteiger partial charge in [0.05, 0.1) is 6.33 Å². The molecule has 1 fully saturated rings. The van der Waals surface area contributed by atoms with Gasteiger partial charge in [0.1, 0.15) is 0 Å². The summed E-state index contributed by atoms with van der Waals surface area (Å²) < 4.78 is 2.72. The van der Waals surface area contributed by atoms with Gasteiger partial charge in [-0.15, -0.1) is 0 Å². The second-order valence-corrected chi connectivity index (χ2v) is 5.49. The number of imidazole rings is 1. The van der Waals surface area contributed by atoms with Crippen LogP contribution in [0.5, 0.6) is 0 Å². The fraction of sp³-hybridized carbons (Fsp3) is 0.727. The van der Waals surface area contributed by atoms with E-state index in [1.165, 1.54) is 25.8 Å². The van der Waals surface area contributed by atoms with E-state index in [4.69, 9.17) is 0 Å². The van der Waals surface area contributed by atoms with Crippen molar-refractivity contribution in [2.75, 3.05) is 19.3 Å². The van der Waals surface area contributed by atoms with Crippen LogP contribution in [0.4, 0.5) is 0 Å². The molecular weight excluding hydrogens is 206 g/mol. The van der Waals surface area contributed by atoms with Crippen LogP contribution >= 0.6 is 11.8 Å². The van der Waals surface area contributed by atoms with E-state index in [9.17, 15) is 0 Å². The minimum absolute atomic E-state index is 0.592. The summed E-state index contributed by atoms with van der Waals surface area (Å²) in [5.41, 5.74) is 0. The predicted molar refractivity (Wildman–Crippen MR) is 65.2 cm³/mol. The molecule has 0 atom stereocenters. The highest BCUT2D eigenvalue weighted by molar-refractivity contribution is 8.00. The Morgan fingerprint density at radius 3 is 3.00 bits per heavy atom. The minimum atomic E-state index is 0.592. The minimum Gasteiger partial charge on any atom is -0.337 e. The average Bonchev–Trinajstić information content (AvgIpc) is 2.85. The molecule has 1 aliphatic rings. The summed E-state index contributed by atoms with van der Waals surface area (Å²) >= 11 is 2.02. The summed E-state index contributed by atoms with van der Waals surface area (Å²) in [6.45, 7) is 3.36. The molecule has 4 heteroatoms. The Morgan fingerprint density at radius 2 is 2.40 bits per heavy atom. The molecule has 15 heavy (non-hydrogen) atoms. The zero-order chi connectivity index (χ0) is 10.6. The van der Waals surface area contributed by atoms with Crippen LogP contribution in [-0.2, 0) is 6.54 Å². The summed E-state index contributed by atoms with van der Waals surface area (Å²) in [5.74, 6) is 0. The molecule has 0 aliphatic heterocycles. The highest BCUT2D eigenvalue weighted by Gasteiger charge is 2.41. The average molecular weight is 225 g/mol. The van der Waals surface area contributed by atoms with Gasteiger partial charge in [-0.3, -0.25) is 0 Å². The summed E-state index contributed by atoms with van der Waals surface area (Å²) in [6, 6.07) is 0. The number of aryl methyl sites for hydroxylation is 1. The molecule has 0 bridgehead atoms. The first-order chi connectivity index (χ1) is 7.35. The zero-order valence-corrected chi connectivity index (χ0v) is 10.1. The third-order valence-corrected chi connectivity index (χ3v) is 4.44. The van der Waals surface area contributed by atoms with Crippen molar-refractivity contribution in [3.8, 4) is 0 Å². The van der Waals surface area contributed by atoms with Crippen molar-refractivity contribution >= 4 is 11.8 Å². The molecule has 0 unspecified atom stereocenters. The van der Waals surface area contributed by atoms with Gasteiger partial charge in [-0.1, -0.05) is 0 Å². The highest BCUT2D eigenvalue weighted by Crippen LogP contribution is 2.46. The van der Waals surface area contributed by atoms with E-state index in [0.29, 0.717) is 4.75 Å². The molecule has 0 radical (unpaired) electrons. The fourth-order valence-electron chi connectivity index (χ4n) is 1.71. The molecular formula is C11H19N3S. The largest absolute Gasteiger partial charge is 0.337 e. The number of aromatic nitrogens is 2. The van der Waals surface area contributed by atoms with Crippen LogP contribution in [0.2, 0.25) is 0 Å². The topological polar surface area (TPSA) is 29.9 Å². The van der Waals surface area contributed by atoms with E-state index in [0.717, 1.165) is 13.1 Å². The van der Waals surface area contributed by atoms with Crippen molar-refractivity contribution in [2.24, 2.45) is 0 Å². The van der Waals surface area contributed by atoms with Gasteiger partial charge < -0.3 is 9.88 Å². The van der Waals surface area contributed by atoms with Crippen molar-refractivity contribution in [2.45, 2.75) is 30.6 Å². The van der Waals surface area contributed by atoms with Gasteiger partial charge in [0, 0.05) is 30.2 Å². The molecule has 2 rings (SSSR count). The van der Waals surface area contributed by atoms with E-state index in [-0.39, 0.29) is 0 Å². The first-order valence-corrected chi connectivity index (χ1v) is 6.79. The fourth-order valence-corrected chi connectivity index (χ4v) is 2.47. The molecule has 1 aromatic heterocycles. The van der Waals surface area contributed by atoms with Crippen LogP contribution in [0.15, 0.2) is 18.7 Å². The van der Waals surface area contributed by atoms with E-state index < -0.39 is 0 Å². The molecule has 0 spiro atoms. The molecule has 84 valence electrons. The van der Waals surface area contributed by atoms with Gasteiger partial charge in [0.2, 0.25) is 0 Å². The molecule has 3 nitrogen and oxygen atoms in total. The number of nitrogens with zero attached hydrogens (tertiary/aromatic N) is 2. The Kier molecular flexibility index (Phi) is 3.70. The lowest BCUT2D eigenvalue weighted by Gasteiger charge is -2.12. The monoisotopic (exact) mass is 225 g/mol. The van der Waals surface area contributed by atoms with Crippen LogP contribution in [0.3, 0.4) is 0 Å². The zero-order valence-electron chi connectivity index (χ0n) is 9.28. The van der Waals surface area contributed by atoms with Gasteiger partial charge >= 0.3 is 0 Å². The number of rotatable bonds is 7. The Labute approximate surface area is 95.7 Å². The molecule has 0 aromatic carbocycles. The third kappa shape index (κ3) is 3.24. The Balaban J connectivity index is 1.52. The molecule has 0 amide bonds. The summed E-state index contributed by atoms with van der Waals surface area (Å²) in [6.07, 6.45) is 11.9. The van der Waals surface area contributed by atoms with E-state index in [2.05, 4.69) is 21.1 Å². The van der Waals surface area contributed by atoms with E-state index in [1.807, 2.05) is 30.5 Å². The maximum Gasteiger partial charge on any atom is 0.0945 e. The van der Waals surface area contributed by atoms with Crippen LogP contribution in [0.1, 0.15) is 19.3 Å². The summed E-state index contributed by atoms with van der Waals surface area (Å²) in [4.78, 5) is 4.02. The first-order valence-electron chi connectivity index (χ1n) is 5.56. The number of hydrogen-bond donors (Lipinski definition) is 1. The number of hydrogen-bond acceptors (Lipinski definition) is 3. The van der Waals surface area contributed by atoms with Crippen molar-refractivity contribution in [3.63, 3.8) is 0 Å². The lowest BCUT2D eigenvalue weighted by Crippen LogP contribution is -2.27. The quantitative estimate of drug-likeness (QED) is 0.717. The van der Waals surface area contributed by atoms with Gasteiger partial charge in [-0.25, -0.2) is 4.98 Å². The Bertz CT molecular complexity index is 280. The van der Waals surface area contributed by atoms with Crippen molar-refractivity contribution in [3.05, 3.63) is 18.7 Å². The molecule has 1 aliphatic carbocycles. The lowest BCUT2D eigenvalue weighted by atomic mass is 10.3. The van der Waals surface area contributed by atoms with Gasteiger partial charge in [-0.2, -0.15) is 11.8 Å². The second kappa shape index (κ2) is 5.03. The smallest absolute Gasteiger partial charge is 0.0945 e. The van der Waals surface area contributed by atoms with Gasteiger partial charge in [0.15, 0.2) is 0 Å². The third-order valence-electron chi connectivity index (χ3n) is 3.02. The first kappa shape index (κ1) is 11.0. The van der Waals surface area contributed by atoms with Crippen LogP contribution in [-0.4, -0.2) is 33.6 Å². The van der Waals surface area contributed by atoms with Crippen LogP contribution in [0.25, 0.3) is 0 Å². The van der Waals surface area contributed by atoms with E-state index in [1.54, 1.807) is 0 Å².